The number of benzene rings is 1. The lowest BCUT2D eigenvalue weighted by Crippen LogP contribution is -2.03. The SMILES string of the molecule is Brc1ccc(Cn2nc(Br)c(I)n2)cc1. The lowest BCUT2D eigenvalue weighted by Gasteiger charge is -1.99. The fourth-order valence-corrected chi connectivity index (χ4v) is 2.02. The van der Waals surface area contributed by atoms with E-state index in [2.05, 4.69) is 64.6 Å². The van der Waals surface area contributed by atoms with Crippen molar-refractivity contribution in [2.75, 3.05) is 0 Å². The van der Waals surface area contributed by atoms with E-state index in [0.29, 0.717) is 6.54 Å². The molecule has 0 N–H and O–H groups in total. The number of hydrogen-bond acceptors (Lipinski definition) is 2. The minimum Gasteiger partial charge on any atom is -0.178 e. The van der Waals surface area contributed by atoms with Crippen LogP contribution >= 0.6 is 54.5 Å². The number of hydrogen-bond donors (Lipinski definition) is 0. The van der Waals surface area contributed by atoms with Gasteiger partial charge in [0.25, 0.3) is 0 Å². The van der Waals surface area contributed by atoms with Gasteiger partial charge >= 0.3 is 0 Å². The average Bonchev–Trinajstić information content (AvgIpc) is 2.50. The summed E-state index contributed by atoms with van der Waals surface area (Å²) in [6, 6.07) is 8.13. The van der Waals surface area contributed by atoms with Crippen molar-refractivity contribution in [3.05, 3.63) is 42.6 Å². The number of halogens is 3. The van der Waals surface area contributed by atoms with E-state index in [4.69, 9.17) is 0 Å². The highest BCUT2D eigenvalue weighted by molar-refractivity contribution is 14.1. The van der Waals surface area contributed by atoms with E-state index < -0.39 is 0 Å². The summed E-state index contributed by atoms with van der Waals surface area (Å²) >= 11 is 8.88. The predicted molar refractivity (Wildman–Crippen MR) is 73.7 cm³/mol. The summed E-state index contributed by atoms with van der Waals surface area (Å²) in [4.78, 5) is 1.68. The highest BCUT2D eigenvalue weighted by Crippen LogP contribution is 2.15. The van der Waals surface area contributed by atoms with Crippen molar-refractivity contribution < 1.29 is 0 Å². The maximum absolute atomic E-state index is 4.26. The average molecular weight is 443 g/mol. The highest BCUT2D eigenvalue weighted by atomic mass is 127. The third-order valence-electron chi connectivity index (χ3n) is 1.81. The largest absolute Gasteiger partial charge is 0.178 e. The van der Waals surface area contributed by atoms with Crippen molar-refractivity contribution >= 4 is 54.5 Å². The quantitative estimate of drug-likeness (QED) is 0.667. The maximum Gasteiger partial charge on any atom is 0.161 e. The Labute approximate surface area is 118 Å². The van der Waals surface area contributed by atoms with Gasteiger partial charge in [0.1, 0.15) is 0 Å². The smallest absolute Gasteiger partial charge is 0.161 e. The van der Waals surface area contributed by atoms with Gasteiger partial charge in [-0.05, 0) is 56.2 Å². The number of aromatic nitrogens is 3. The molecule has 78 valence electrons. The molecule has 0 atom stereocenters. The first-order valence-electron chi connectivity index (χ1n) is 4.16. The molecule has 2 aromatic rings. The summed E-state index contributed by atoms with van der Waals surface area (Å²) in [6.07, 6.45) is 0. The van der Waals surface area contributed by atoms with Crippen LogP contribution < -0.4 is 0 Å². The Balaban J connectivity index is 2.18. The Morgan fingerprint density at radius 1 is 1.13 bits per heavy atom. The second kappa shape index (κ2) is 4.92. The fraction of sp³-hybridized carbons (Fsp3) is 0.111. The molecular weight excluding hydrogens is 437 g/mol. The summed E-state index contributed by atoms with van der Waals surface area (Å²) in [5.74, 6) is 0. The second-order valence-electron chi connectivity index (χ2n) is 2.94. The summed E-state index contributed by atoms with van der Waals surface area (Å²) in [7, 11) is 0. The van der Waals surface area contributed by atoms with Gasteiger partial charge in [0.2, 0.25) is 0 Å². The van der Waals surface area contributed by atoms with Crippen LogP contribution in [0, 0.1) is 3.70 Å². The van der Waals surface area contributed by atoms with Gasteiger partial charge in [0, 0.05) is 4.47 Å². The van der Waals surface area contributed by atoms with Crippen LogP contribution in [0.4, 0.5) is 0 Å². The molecule has 0 spiro atoms. The summed E-state index contributed by atoms with van der Waals surface area (Å²) in [5.41, 5.74) is 1.18. The zero-order valence-corrected chi connectivity index (χ0v) is 12.8. The zero-order chi connectivity index (χ0) is 10.8. The van der Waals surface area contributed by atoms with Crippen LogP contribution in [0.3, 0.4) is 0 Å². The minimum atomic E-state index is 0.689. The van der Waals surface area contributed by atoms with E-state index in [-0.39, 0.29) is 0 Å². The van der Waals surface area contributed by atoms with E-state index in [9.17, 15) is 0 Å². The van der Waals surface area contributed by atoms with Crippen molar-refractivity contribution in [2.45, 2.75) is 6.54 Å². The van der Waals surface area contributed by atoms with Crippen LogP contribution in [-0.2, 0) is 6.54 Å². The van der Waals surface area contributed by atoms with Gasteiger partial charge < -0.3 is 0 Å². The van der Waals surface area contributed by atoms with Crippen molar-refractivity contribution in [1.82, 2.24) is 15.0 Å². The molecule has 0 aliphatic heterocycles. The fourth-order valence-electron chi connectivity index (χ4n) is 1.13. The Bertz CT molecular complexity index is 447. The van der Waals surface area contributed by atoms with Gasteiger partial charge in [-0.2, -0.15) is 4.80 Å². The molecule has 0 unspecified atom stereocenters. The normalized spacial score (nSPS) is 10.6. The highest BCUT2D eigenvalue weighted by Gasteiger charge is 2.04. The van der Waals surface area contributed by atoms with E-state index in [1.165, 1.54) is 5.56 Å². The molecule has 0 amide bonds. The van der Waals surface area contributed by atoms with Crippen LogP contribution in [0.25, 0.3) is 0 Å². The van der Waals surface area contributed by atoms with Gasteiger partial charge in [-0.1, -0.05) is 28.1 Å². The molecular formula is C9H6Br2IN3. The first-order chi connectivity index (χ1) is 7.15. The first kappa shape index (κ1) is 11.5. The lowest BCUT2D eigenvalue weighted by atomic mass is 10.2. The topological polar surface area (TPSA) is 30.7 Å². The van der Waals surface area contributed by atoms with E-state index in [1.54, 1.807) is 4.80 Å². The lowest BCUT2D eigenvalue weighted by molar-refractivity contribution is 0.586. The zero-order valence-electron chi connectivity index (χ0n) is 7.49. The molecule has 6 heteroatoms. The molecule has 2 rings (SSSR count). The molecule has 0 aliphatic carbocycles. The summed E-state index contributed by atoms with van der Waals surface area (Å²) in [6.45, 7) is 0.689. The molecule has 1 heterocycles. The third kappa shape index (κ3) is 3.01. The first-order valence-corrected chi connectivity index (χ1v) is 6.82. The standard InChI is InChI=1S/C9H6Br2IN3/c10-7-3-1-6(2-4-7)5-15-13-8(11)9(12)14-15/h1-4H,5H2. The van der Waals surface area contributed by atoms with Crippen LogP contribution in [-0.4, -0.2) is 15.0 Å². The van der Waals surface area contributed by atoms with Crippen molar-refractivity contribution in [3.8, 4) is 0 Å². The molecule has 1 aromatic carbocycles. The molecule has 1 aromatic heterocycles. The van der Waals surface area contributed by atoms with Gasteiger partial charge in [-0.15, -0.1) is 10.2 Å². The molecule has 15 heavy (non-hydrogen) atoms. The second-order valence-corrected chi connectivity index (χ2v) is 5.63. The molecule has 0 saturated carbocycles. The van der Waals surface area contributed by atoms with Gasteiger partial charge in [0.05, 0.1) is 6.54 Å². The van der Waals surface area contributed by atoms with Crippen LogP contribution in [0.5, 0.6) is 0 Å². The molecule has 3 nitrogen and oxygen atoms in total. The van der Waals surface area contributed by atoms with E-state index in [1.807, 2.05) is 24.3 Å². The van der Waals surface area contributed by atoms with Gasteiger partial charge in [-0.25, -0.2) is 0 Å². The van der Waals surface area contributed by atoms with E-state index >= 15 is 0 Å². The van der Waals surface area contributed by atoms with Crippen LogP contribution in [0.2, 0.25) is 0 Å². The molecule has 0 bridgehead atoms. The summed E-state index contributed by atoms with van der Waals surface area (Å²) < 4.78 is 2.75. The van der Waals surface area contributed by atoms with Crippen LogP contribution in [0.1, 0.15) is 5.56 Å². The third-order valence-corrected chi connectivity index (χ3v) is 4.34. The molecule has 0 saturated heterocycles. The minimum absolute atomic E-state index is 0.689. The Morgan fingerprint density at radius 3 is 2.33 bits per heavy atom. The van der Waals surface area contributed by atoms with Crippen molar-refractivity contribution in [1.29, 1.82) is 0 Å². The Hall–Kier alpha value is 0.0500. The van der Waals surface area contributed by atoms with Gasteiger partial charge in [-0.3, -0.25) is 0 Å². The van der Waals surface area contributed by atoms with Crippen molar-refractivity contribution in [3.63, 3.8) is 0 Å². The predicted octanol–water partition coefficient (Wildman–Crippen LogP) is 3.46. The molecule has 0 radical (unpaired) electrons. The van der Waals surface area contributed by atoms with Crippen LogP contribution in [0.15, 0.2) is 33.3 Å². The molecule has 0 fully saturated rings. The molecule has 0 aliphatic rings. The summed E-state index contributed by atoms with van der Waals surface area (Å²) in [5, 5.41) is 8.49. The number of nitrogens with zero attached hydrogens (tertiary/aromatic N) is 3. The van der Waals surface area contributed by atoms with E-state index in [0.717, 1.165) is 12.8 Å². The maximum atomic E-state index is 4.26. The Kier molecular flexibility index (Phi) is 3.78. The van der Waals surface area contributed by atoms with Crippen molar-refractivity contribution in [2.24, 2.45) is 0 Å². The Morgan fingerprint density at radius 2 is 1.80 bits per heavy atom. The monoisotopic (exact) mass is 441 g/mol. The van der Waals surface area contributed by atoms with Gasteiger partial charge in [0.15, 0.2) is 8.30 Å². The number of rotatable bonds is 2.